The SMILES string of the molecule is N#CCC(C1CCCC1)n1cc(-c2ccnc(Nc3ccc(C(=O)C4CC(F)CN4)cc3)n2)cn1. The lowest BCUT2D eigenvalue weighted by Gasteiger charge is -2.21. The lowest BCUT2D eigenvalue weighted by Crippen LogP contribution is -2.30. The first-order valence-electron chi connectivity index (χ1n) is 12.1. The fourth-order valence-corrected chi connectivity index (χ4v) is 5.08. The number of hydrogen-bond donors (Lipinski definition) is 2. The van der Waals surface area contributed by atoms with Crippen LogP contribution in [0.2, 0.25) is 0 Å². The summed E-state index contributed by atoms with van der Waals surface area (Å²) in [5, 5.41) is 20.0. The number of alkyl halides is 1. The van der Waals surface area contributed by atoms with E-state index in [4.69, 9.17) is 0 Å². The first kappa shape index (κ1) is 23.1. The molecule has 3 aromatic rings. The molecule has 5 rings (SSSR count). The van der Waals surface area contributed by atoms with Crippen molar-refractivity contribution in [2.45, 2.75) is 56.8 Å². The number of anilines is 2. The number of halogens is 1. The Balaban J connectivity index is 1.27. The number of carbonyl (C=O) groups is 1. The smallest absolute Gasteiger partial charge is 0.227 e. The van der Waals surface area contributed by atoms with Gasteiger partial charge in [-0.2, -0.15) is 10.4 Å². The molecular weight excluding hydrogens is 445 g/mol. The summed E-state index contributed by atoms with van der Waals surface area (Å²) < 4.78 is 15.3. The molecule has 1 aromatic carbocycles. The lowest BCUT2D eigenvalue weighted by atomic mass is 9.96. The van der Waals surface area contributed by atoms with E-state index in [-0.39, 0.29) is 24.8 Å². The molecule has 0 amide bonds. The summed E-state index contributed by atoms with van der Waals surface area (Å²) in [5.41, 5.74) is 2.88. The van der Waals surface area contributed by atoms with Crippen LogP contribution in [-0.2, 0) is 0 Å². The van der Waals surface area contributed by atoms with Gasteiger partial charge in [-0.1, -0.05) is 12.8 Å². The maximum absolute atomic E-state index is 13.4. The molecule has 2 aromatic heterocycles. The number of hydrogen-bond acceptors (Lipinski definition) is 7. The van der Waals surface area contributed by atoms with Gasteiger partial charge in [0.25, 0.3) is 0 Å². The molecule has 1 aliphatic heterocycles. The number of benzene rings is 1. The Morgan fingerprint density at radius 2 is 2.06 bits per heavy atom. The summed E-state index contributed by atoms with van der Waals surface area (Å²) in [6, 6.07) is 10.8. The fraction of sp³-hybridized carbons (Fsp3) is 0.423. The number of Topliss-reactive ketones (excluding diaryl/α,β-unsaturated/α-hetero) is 1. The van der Waals surface area contributed by atoms with Crippen molar-refractivity contribution in [2.24, 2.45) is 5.92 Å². The zero-order valence-corrected chi connectivity index (χ0v) is 19.4. The van der Waals surface area contributed by atoms with Gasteiger partial charge in [-0.3, -0.25) is 9.48 Å². The molecule has 35 heavy (non-hydrogen) atoms. The molecule has 3 atom stereocenters. The van der Waals surface area contributed by atoms with E-state index < -0.39 is 12.2 Å². The van der Waals surface area contributed by atoms with Gasteiger partial charge in [0.05, 0.1) is 36.5 Å². The van der Waals surface area contributed by atoms with Crippen molar-refractivity contribution in [1.82, 2.24) is 25.1 Å². The van der Waals surface area contributed by atoms with E-state index >= 15 is 0 Å². The minimum atomic E-state index is -0.971. The molecule has 1 saturated heterocycles. The molecule has 0 bridgehead atoms. The third-order valence-corrected chi connectivity index (χ3v) is 6.96. The van der Waals surface area contributed by atoms with Crippen LogP contribution in [0.15, 0.2) is 48.9 Å². The predicted octanol–water partition coefficient (Wildman–Crippen LogP) is 4.61. The van der Waals surface area contributed by atoms with Gasteiger partial charge in [0, 0.05) is 42.2 Å². The molecule has 2 fully saturated rings. The van der Waals surface area contributed by atoms with Gasteiger partial charge < -0.3 is 10.6 Å². The van der Waals surface area contributed by atoms with E-state index in [1.165, 1.54) is 12.8 Å². The minimum absolute atomic E-state index is 0.0899. The summed E-state index contributed by atoms with van der Waals surface area (Å²) in [6.45, 7) is 0.224. The van der Waals surface area contributed by atoms with E-state index in [0.29, 0.717) is 23.9 Å². The van der Waals surface area contributed by atoms with E-state index in [2.05, 4.69) is 31.8 Å². The quantitative estimate of drug-likeness (QED) is 0.460. The lowest BCUT2D eigenvalue weighted by molar-refractivity contribution is 0.0949. The summed E-state index contributed by atoms with van der Waals surface area (Å²) in [7, 11) is 0. The number of nitrogens with zero attached hydrogens (tertiary/aromatic N) is 5. The Labute approximate surface area is 203 Å². The average molecular weight is 474 g/mol. The highest BCUT2D eigenvalue weighted by Gasteiger charge is 2.30. The number of carbonyl (C=O) groups excluding carboxylic acids is 1. The van der Waals surface area contributed by atoms with E-state index in [9.17, 15) is 14.4 Å². The number of rotatable bonds is 8. The van der Waals surface area contributed by atoms with Crippen LogP contribution in [0.5, 0.6) is 0 Å². The molecule has 0 radical (unpaired) electrons. The molecule has 0 spiro atoms. The van der Waals surface area contributed by atoms with Crippen LogP contribution < -0.4 is 10.6 Å². The fourth-order valence-electron chi connectivity index (χ4n) is 5.08. The largest absolute Gasteiger partial charge is 0.324 e. The highest BCUT2D eigenvalue weighted by atomic mass is 19.1. The second-order valence-corrected chi connectivity index (χ2v) is 9.31. The van der Waals surface area contributed by atoms with Crippen molar-refractivity contribution in [3.05, 3.63) is 54.5 Å². The van der Waals surface area contributed by atoms with Crippen LogP contribution in [0, 0.1) is 17.2 Å². The van der Waals surface area contributed by atoms with E-state index in [0.717, 1.165) is 29.8 Å². The summed E-state index contributed by atoms with van der Waals surface area (Å²) in [6.07, 6.45) is 9.83. The second-order valence-electron chi connectivity index (χ2n) is 9.31. The molecule has 8 nitrogen and oxygen atoms in total. The van der Waals surface area contributed by atoms with Crippen molar-refractivity contribution in [2.75, 3.05) is 11.9 Å². The summed E-state index contributed by atoms with van der Waals surface area (Å²) in [4.78, 5) is 21.5. The first-order chi connectivity index (χ1) is 17.1. The summed E-state index contributed by atoms with van der Waals surface area (Å²) >= 11 is 0. The highest BCUT2D eigenvalue weighted by Crippen LogP contribution is 2.36. The highest BCUT2D eigenvalue weighted by molar-refractivity contribution is 6.00. The van der Waals surface area contributed by atoms with Crippen LogP contribution in [-0.4, -0.2) is 44.3 Å². The number of nitriles is 1. The molecule has 1 aliphatic carbocycles. The molecule has 1 saturated carbocycles. The van der Waals surface area contributed by atoms with Crippen LogP contribution in [0.1, 0.15) is 54.9 Å². The number of aromatic nitrogens is 4. The topological polar surface area (TPSA) is 109 Å². The standard InChI is InChI=1S/C26H28FN7O/c27-20-13-23(30-15-20)25(35)18-5-7-21(8-6-18)32-26-29-12-10-22(33-26)19-14-31-34(16-19)24(9-11-28)17-3-1-2-4-17/h5-8,10,12,14,16-17,20,23-24,30H,1-4,9,13,15H2,(H,29,32,33). The zero-order chi connectivity index (χ0) is 24.2. The maximum atomic E-state index is 13.4. The van der Waals surface area contributed by atoms with Crippen LogP contribution >= 0.6 is 0 Å². The van der Waals surface area contributed by atoms with Crippen LogP contribution in [0.4, 0.5) is 16.0 Å². The molecule has 2 aliphatic rings. The van der Waals surface area contributed by atoms with Crippen molar-refractivity contribution in [1.29, 1.82) is 5.26 Å². The van der Waals surface area contributed by atoms with Gasteiger partial charge >= 0.3 is 0 Å². The van der Waals surface area contributed by atoms with Gasteiger partial charge in [-0.25, -0.2) is 14.4 Å². The van der Waals surface area contributed by atoms with Crippen LogP contribution in [0.3, 0.4) is 0 Å². The zero-order valence-electron chi connectivity index (χ0n) is 19.4. The van der Waals surface area contributed by atoms with Crippen molar-refractivity contribution in [3.8, 4) is 17.3 Å². The normalized spacial score (nSPS) is 21.0. The van der Waals surface area contributed by atoms with E-state index in [1.807, 2.05) is 16.9 Å². The molecule has 3 heterocycles. The Hall–Kier alpha value is -3.64. The predicted molar refractivity (Wildman–Crippen MR) is 130 cm³/mol. The van der Waals surface area contributed by atoms with Gasteiger partial charge in [0.1, 0.15) is 6.17 Å². The maximum Gasteiger partial charge on any atom is 0.227 e. The number of ketones is 1. The molecule has 9 heteroatoms. The van der Waals surface area contributed by atoms with Gasteiger partial charge in [0.2, 0.25) is 5.95 Å². The Morgan fingerprint density at radius 1 is 1.26 bits per heavy atom. The Bertz CT molecular complexity index is 1210. The molecule has 3 unspecified atom stereocenters. The minimum Gasteiger partial charge on any atom is -0.324 e. The van der Waals surface area contributed by atoms with E-state index in [1.54, 1.807) is 36.7 Å². The number of nitrogens with one attached hydrogen (secondary N) is 2. The Kier molecular flexibility index (Phi) is 6.82. The van der Waals surface area contributed by atoms with Crippen molar-refractivity contribution < 1.29 is 9.18 Å². The van der Waals surface area contributed by atoms with Gasteiger partial charge in [-0.15, -0.1) is 0 Å². The monoisotopic (exact) mass is 473 g/mol. The average Bonchev–Trinajstić information content (AvgIpc) is 3.65. The Morgan fingerprint density at radius 3 is 2.77 bits per heavy atom. The summed E-state index contributed by atoms with van der Waals surface area (Å²) in [5.74, 6) is 0.818. The third-order valence-electron chi connectivity index (χ3n) is 6.96. The van der Waals surface area contributed by atoms with Gasteiger partial charge in [-0.05, 0) is 49.1 Å². The molecule has 180 valence electrons. The van der Waals surface area contributed by atoms with Crippen molar-refractivity contribution in [3.63, 3.8) is 0 Å². The molecular formula is C26H28FN7O. The van der Waals surface area contributed by atoms with Gasteiger partial charge in [0.15, 0.2) is 5.78 Å². The first-order valence-corrected chi connectivity index (χ1v) is 12.1. The second kappa shape index (κ2) is 10.3. The molecule has 2 N–H and O–H groups in total. The van der Waals surface area contributed by atoms with Crippen LogP contribution in [0.25, 0.3) is 11.3 Å². The van der Waals surface area contributed by atoms with Crippen molar-refractivity contribution >= 4 is 17.4 Å². The third kappa shape index (κ3) is 5.23.